The lowest BCUT2D eigenvalue weighted by molar-refractivity contribution is -0.114. The summed E-state index contributed by atoms with van der Waals surface area (Å²) < 4.78 is 0. The third-order valence-corrected chi connectivity index (χ3v) is 5.51. The van der Waals surface area contributed by atoms with Crippen molar-refractivity contribution in [1.82, 2.24) is 4.98 Å². The van der Waals surface area contributed by atoms with E-state index in [0.29, 0.717) is 21.8 Å². The lowest BCUT2D eigenvalue weighted by Gasteiger charge is -2.27. The van der Waals surface area contributed by atoms with Gasteiger partial charge in [0.15, 0.2) is 0 Å². The Morgan fingerprint density at radius 2 is 1.90 bits per heavy atom. The van der Waals surface area contributed by atoms with Crippen LogP contribution in [0, 0.1) is 0 Å². The maximum atomic E-state index is 11.3. The van der Waals surface area contributed by atoms with Gasteiger partial charge in [0, 0.05) is 42.1 Å². The Morgan fingerprint density at radius 3 is 2.61 bits per heavy atom. The number of aliphatic imine (C=N–C) groups is 1. The molecule has 31 heavy (non-hydrogen) atoms. The number of nitrogens with one attached hydrogen (secondary N) is 1. The molecule has 7 heteroatoms. The number of anilines is 2. The minimum Gasteiger partial charge on any atom is -0.507 e. The summed E-state index contributed by atoms with van der Waals surface area (Å²) in [5, 5.41) is 14.2. The van der Waals surface area contributed by atoms with Crippen molar-refractivity contribution in [2.75, 3.05) is 29.9 Å². The molecule has 0 atom stereocenters. The van der Waals surface area contributed by atoms with Crippen molar-refractivity contribution in [3.8, 4) is 28.0 Å². The highest BCUT2D eigenvalue weighted by atomic mass is 35.5. The molecular weight excluding hydrogens is 412 g/mol. The first kappa shape index (κ1) is 20.9. The summed E-state index contributed by atoms with van der Waals surface area (Å²) in [5.41, 5.74) is 5.56. The van der Waals surface area contributed by atoms with Gasteiger partial charge < -0.3 is 15.3 Å². The number of amides is 1. The monoisotopic (exact) mass is 434 g/mol. The summed E-state index contributed by atoms with van der Waals surface area (Å²) in [5.74, 6) is -0.0387. The molecule has 3 aromatic rings. The van der Waals surface area contributed by atoms with E-state index in [0.717, 1.165) is 42.2 Å². The number of phenolic OH excluding ortho intramolecular Hbond substituents is 1. The van der Waals surface area contributed by atoms with Gasteiger partial charge in [-0.05, 0) is 30.7 Å². The molecule has 4 rings (SSSR count). The highest BCUT2D eigenvalue weighted by Crippen LogP contribution is 2.40. The molecule has 1 aliphatic heterocycles. The molecule has 1 aliphatic rings. The minimum atomic E-state index is -0.193. The van der Waals surface area contributed by atoms with Crippen LogP contribution in [0.2, 0.25) is 5.02 Å². The van der Waals surface area contributed by atoms with E-state index < -0.39 is 0 Å². The van der Waals surface area contributed by atoms with Crippen LogP contribution in [0.25, 0.3) is 22.3 Å². The zero-order valence-corrected chi connectivity index (χ0v) is 18.1. The minimum absolute atomic E-state index is 0.154. The molecule has 2 aromatic carbocycles. The standard InChI is InChI=1S/C24H23ClN4O2/c1-15-14-29(9-8-27-15)19-10-18(12-26-13-19)21-5-3-4-20(24(21)31)17-6-7-23(22(25)11-17)28-16(2)30/h3-7,10-13,31H,8-9,14H2,1-2H3,(H,28,30). The molecule has 0 spiro atoms. The molecule has 0 fully saturated rings. The van der Waals surface area contributed by atoms with E-state index in [-0.39, 0.29) is 11.7 Å². The largest absolute Gasteiger partial charge is 0.507 e. The number of halogens is 1. The number of hydrogen-bond acceptors (Lipinski definition) is 5. The zero-order chi connectivity index (χ0) is 22.0. The van der Waals surface area contributed by atoms with Crippen LogP contribution >= 0.6 is 11.6 Å². The molecule has 0 bridgehead atoms. The van der Waals surface area contributed by atoms with Gasteiger partial charge in [0.05, 0.1) is 35.7 Å². The van der Waals surface area contributed by atoms with E-state index in [4.69, 9.17) is 11.6 Å². The number of aromatic nitrogens is 1. The molecule has 2 N–H and O–H groups in total. The molecule has 1 aromatic heterocycles. The topological polar surface area (TPSA) is 77.8 Å². The summed E-state index contributed by atoms with van der Waals surface area (Å²) in [6.45, 7) is 5.84. The van der Waals surface area contributed by atoms with Crippen LogP contribution in [-0.4, -0.2) is 41.3 Å². The Kier molecular flexibility index (Phi) is 5.91. The third kappa shape index (κ3) is 4.54. The van der Waals surface area contributed by atoms with Crippen molar-refractivity contribution in [1.29, 1.82) is 0 Å². The van der Waals surface area contributed by atoms with E-state index in [1.807, 2.05) is 43.5 Å². The van der Waals surface area contributed by atoms with Crippen LogP contribution in [0.3, 0.4) is 0 Å². The normalized spacial score (nSPS) is 13.6. The first-order valence-corrected chi connectivity index (χ1v) is 10.4. The number of pyridine rings is 1. The van der Waals surface area contributed by atoms with Crippen LogP contribution in [0.15, 0.2) is 59.9 Å². The maximum Gasteiger partial charge on any atom is 0.221 e. The smallest absolute Gasteiger partial charge is 0.221 e. The molecule has 6 nitrogen and oxygen atoms in total. The number of hydrogen-bond donors (Lipinski definition) is 2. The summed E-state index contributed by atoms with van der Waals surface area (Å²) in [4.78, 5) is 22.4. The second-order valence-electron chi connectivity index (χ2n) is 7.55. The van der Waals surface area contributed by atoms with Gasteiger partial charge in [-0.25, -0.2) is 0 Å². The molecule has 1 amide bonds. The quantitative estimate of drug-likeness (QED) is 0.604. The molecule has 0 unspecified atom stereocenters. The number of aromatic hydroxyl groups is 1. The van der Waals surface area contributed by atoms with Gasteiger partial charge >= 0.3 is 0 Å². The van der Waals surface area contributed by atoms with E-state index >= 15 is 0 Å². The summed E-state index contributed by atoms with van der Waals surface area (Å²) >= 11 is 6.33. The SMILES string of the molecule is CC(=O)Nc1ccc(-c2cccc(-c3cncc(N4CCN=C(C)C4)c3)c2O)cc1Cl. The fraction of sp³-hybridized carbons (Fsp3) is 0.208. The predicted molar refractivity (Wildman–Crippen MR) is 126 cm³/mol. The van der Waals surface area contributed by atoms with Gasteiger partial charge in [0.1, 0.15) is 5.75 Å². The van der Waals surface area contributed by atoms with E-state index in [9.17, 15) is 9.90 Å². The Hall–Kier alpha value is -3.38. The molecule has 0 saturated heterocycles. The van der Waals surface area contributed by atoms with Crippen LogP contribution in [-0.2, 0) is 4.79 Å². The number of phenols is 1. The molecule has 158 valence electrons. The van der Waals surface area contributed by atoms with Crippen molar-refractivity contribution in [2.24, 2.45) is 4.99 Å². The van der Waals surface area contributed by atoms with Crippen LogP contribution in [0.4, 0.5) is 11.4 Å². The number of benzene rings is 2. The van der Waals surface area contributed by atoms with E-state index in [2.05, 4.69) is 20.2 Å². The third-order valence-electron chi connectivity index (χ3n) is 5.20. The van der Waals surface area contributed by atoms with Gasteiger partial charge in [0.25, 0.3) is 0 Å². The highest BCUT2D eigenvalue weighted by molar-refractivity contribution is 6.34. The average molecular weight is 435 g/mol. The van der Waals surface area contributed by atoms with E-state index in [1.54, 1.807) is 18.3 Å². The lowest BCUT2D eigenvalue weighted by Crippen LogP contribution is -2.35. The van der Waals surface area contributed by atoms with Crippen molar-refractivity contribution in [2.45, 2.75) is 13.8 Å². The molecule has 0 saturated carbocycles. The molecular formula is C24H23ClN4O2. The molecule has 0 radical (unpaired) electrons. The van der Waals surface area contributed by atoms with Gasteiger partial charge in [-0.2, -0.15) is 0 Å². The van der Waals surface area contributed by atoms with Crippen LogP contribution in [0.5, 0.6) is 5.75 Å². The average Bonchev–Trinajstić information content (AvgIpc) is 2.75. The summed E-state index contributed by atoms with van der Waals surface area (Å²) in [6.07, 6.45) is 3.59. The number of rotatable bonds is 4. The van der Waals surface area contributed by atoms with Gasteiger partial charge in [-0.15, -0.1) is 0 Å². The number of para-hydroxylation sites is 1. The van der Waals surface area contributed by atoms with Crippen LogP contribution in [0.1, 0.15) is 13.8 Å². The number of nitrogens with zero attached hydrogens (tertiary/aromatic N) is 3. The van der Waals surface area contributed by atoms with Crippen molar-refractivity contribution >= 4 is 34.6 Å². The Bertz CT molecular complexity index is 1180. The Labute approximate surface area is 186 Å². The fourth-order valence-electron chi connectivity index (χ4n) is 3.72. The molecule has 0 aliphatic carbocycles. The Morgan fingerprint density at radius 1 is 1.13 bits per heavy atom. The molecule has 2 heterocycles. The first-order valence-electron chi connectivity index (χ1n) is 10.0. The van der Waals surface area contributed by atoms with Gasteiger partial charge in [-0.3, -0.25) is 14.8 Å². The van der Waals surface area contributed by atoms with Gasteiger partial charge in [-0.1, -0.05) is 35.9 Å². The van der Waals surface area contributed by atoms with E-state index in [1.165, 1.54) is 6.92 Å². The predicted octanol–water partition coefficient (Wildman–Crippen LogP) is 5.01. The fourth-order valence-corrected chi connectivity index (χ4v) is 3.95. The van der Waals surface area contributed by atoms with Gasteiger partial charge in [0.2, 0.25) is 5.91 Å². The van der Waals surface area contributed by atoms with Crippen molar-refractivity contribution < 1.29 is 9.90 Å². The Balaban J connectivity index is 1.69. The zero-order valence-electron chi connectivity index (χ0n) is 17.4. The van der Waals surface area contributed by atoms with Crippen LogP contribution < -0.4 is 10.2 Å². The van der Waals surface area contributed by atoms with Crippen molar-refractivity contribution in [3.05, 3.63) is 59.9 Å². The first-order chi connectivity index (χ1) is 14.9. The second-order valence-corrected chi connectivity index (χ2v) is 7.96. The summed E-state index contributed by atoms with van der Waals surface area (Å²) in [6, 6.07) is 12.9. The second kappa shape index (κ2) is 8.78. The highest BCUT2D eigenvalue weighted by Gasteiger charge is 2.16. The number of carbonyl (C=O) groups is 1. The van der Waals surface area contributed by atoms with Crippen molar-refractivity contribution in [3.63, 3.8) is 0 Å². The summed E-state index contributed by atoms with van der Waals surface area (Å²) in [7, 11) is 0. The lowest BCUT2D eigenvalue weighted by atomic mass is 9.97. The number of carbonyl (C=O) groups excluding carboxylic acids is 1. The maximum absolute atomic E-state index is 11.3.